The molecule has 4 nitrogen and oxygen atoms in total. The Bertz CT molecular complexity index is 701. The van der Waals surface area contributed by atoms with Crippen LogP contribution in [0.5, 0.6) is 0 Å². The van der Waals surface area contributed by atoms with E-state index in [-0.39, 0.29) is 12.0 Å². The van der Waals surface area contributed by atoms with E-state index >= 15 is 0 Å². The van der Waals surface area contributed by atoms with E-state index in [0.29, 0.717) is 11.7 Å². The summed E-state index contributed by atoms with van der Waals surface area (Å²) in [6.07, 6.45) is 0. The Morgan fingerprint density at radius 2 is 2.05 bits per heavy atom. The van der Waals surface area contributed by atoms with E-state index in [1.54, 1.807) is 11.3 Å². The van der Waals surface area contributed by atoms with Gasteiger partial charge in [0.25, 0.3) is 5.89 Å². The molecule has 19 heavy (non-hydrogen) atoms. The molecule has 2 N–H and O–H groups in total. The number of aromatic nitrogens is 2. The fourth-order valence-electron chi connectivity index (χ4n) is 1.92. The second-order valence-corrected chi connectivity index (χ2v) is 5.78. The van der Waals surface area contributed by atoms with Gasteiger partial charge < -0.3 is 10.3 Å². The van der Waals surface area contributed by atoms with Crippen molar-refractivity contribution in [3.8, 4) is 11.5 Å². The van der Waals surface area contributed by atoms with E-state index in [1.807, 2.05) is 31.4 Å². The van der Waals surface area contributed by atoms with Gasteiger partial charge in [0.2, 0.25) is 0 Å². The lowest BCUT2D eigenvalue weighted by molar-refractivity contribution is 0.400. The number of hydrogen-bond donors (Lipinski definition) is 1. The SMILES string of the molecule is CC(C)C(N)c1noc(-c2csc3ccccc23)n1. The highest BCUT2D eigenvalue weighted by Crippen LogP contribution is 2.33. The van der Waals surface area contributed by atoms with E-state index in [1.165, 1.54) is 4.70 Å². The molecule has 3 aromatic rings. The van der Waals surface area contributed by atoms with Crippen LogP contribution in [-0.2, 0) is 0 Å². The van der Waals surface area contributed by atoms with Gasteiger partial charge in [-0.15, -0.1) is 11.3 Å². The molecular weight excluding hydrogens is 258 g/mol. The summed E-state index contributed by atoms with van der Waals surface area (Å²) < 4.78 is 6.57. The van der Waals surface area contributed by atoms with Gasteiger partial charge in [-0.25, -0.2) is 0 Å². The van der Waals surface area contributed by atoms with Crippen LogP contribution in [0.1, 0.15) is 25.7 Å². The monoisotopic (exact) mass is 273 g/mol. The first kappa shape index (κ1) is 12.3. The van der Waals surface area contributed by atoms with E-state index in [2.05, 4.69) is 22.3 Å². The maximum atomic E-state index is 6.03. The molecule has 0 aliphatic heterocycles. The van der Waals surface area contributed by atoms with Gasteiger partial charge in [0.05, 0.1) is 11.6 Å². The fourth-order valence-corrected chi connectivity index (χ4v) is 2.86. The molecule has 0 saturated carbocycles. The van der Waals surface area contributed by atoms with Crippen LogP contribution in [0.3, 0.4) is 0 Å². The third-order valence-electron chi connectivity index (χ3n) is 3.17. The first-order valence-corrected chi connectivity index (χ1v) is 7.10. The maximum Gasteiger partial charge on any atom is 0.259 e. The highest BCUT2D eigenvalue weighted by molar-refractivity contribution is 7.17. The topological polar surface area (TPSA) is 64.9 Å². The van der Waals surface area contributed by atoms with Crippen LogP contribution in [0, 0.1) is 5.92 Å². The van der Waals surface area contributed by atoms with Crippen LogP contribution in [0.2, 0.25) is 0 Å². The summed E-state index contributed by atoms with van der Waals surface area (Å²) in [5.74, 6) is 1.40. The number of hydrogen-bond acceptors (Lipinski definition) is 5. The molecule has 0 radical (unpaired) electrons. The molecule has 0 bridgehead atoms. The summed E-state index contributed by atoms with van der Waals surface area (Å²) >= 11 is 1.67. The van der Waals surface area contributed by atoms with Crippen LogP contribution < -0.4 is 5.73 Å². The van der Waals surface area contributed by atoms with Crippen LogP contribution >= 0.6 is 11.3 Å². The summed E-state index contributed by atoms with van der Waals surface area (Å²) in [7, 11) is 0. The van der Waals surface area contributed by atoms with Crippen molar-refractivity contribution in [1.82, 2.24) is 10.1 Å². The van der Waals surface area contributed by atoms with Crippen molar-refractivity contribution in [2.24, 2.45) is 11.7 Å². The lowest BCUT2D eigenvalue weighted by Crippen LogP contribution is -2.18. The minimum Gasteiger partial charge on any atom is -0.334 e. The van der Waals surface area contributed by atoms with Crippen LogP contribution in [0.15, 0.2) is 34.2 Å². The fraction of sp³-hybridized carbons (Fsp3) is 0.286. The van der Waals surface area contributed by atoms with Gasteiger partial charge in [-0.2, -0.15) is 4.98 Å². The first-order chi connectivity index (χ1) is 9.16. The van der Waals surface area contributed by atoms with Crippen molar-refractivity contribution >= 4 is 21.4 Å². The number of thiophene rings is 1. The molecule has 0 amide bonds. The van der Waals surface area contributed by atoms with Crippen LogP contribution in [0.4, 0.5) is 0 Å². The lowest BCUT2D eigenvalue weighted by atomic mass is 10.1. The lowest BCUT2D eigenvalue weighted by Gasteiger charge is -2.09. The van der Waals surface area contributed by atoms with Gasteiger partial charge in [0, 0.05) is 15.5 Å². The van der Waals surface area contributed by atoms with Crippen molar-refractivity contribution < 1.29 is 4.52 Å². The van der Waals surface area contributed by atoms with Gasteiger partial charge in [-0.1, -0.05) is 37.2 Å². The van der Waals surface area contributed by atoms with Crippen molar-refractivity contribution in [2.75, 3.05) is 0 Å². The highest BCUT2D eigenvalue weighted by atomic mass is 32.1. The molecule has 1 aromatic carbocycles. The summed E-state index contributed by atoms with van der Waals surface area (Å²) in [5.41, 5.74) is 7.02. The number of nitrogens with zero attached hydrogens (tertiary/aromatic N) is 2. The zero-order valence-corrected chi connectivity index (χ0v) is 11.6. The Morgan fingerprint density at radius 3 is 2.84 bits per heavy atom. The summed E-state index contributed by atoms with van der Waals surface area (Å²) in [6, 6.07) is 7.99. The van der Waals surface area contributed by atoms with Crippen LogP contribution in [0.25, 0.3) is 21.5 Å². The number of rotatable bonds is 3. The molecule has 3 rings (SSSR count). The average molecular weight is 273 g/mol. The predicted octanol–water partition coefficient (Wildman–Crippen LogP) is 3.61. The Labute approximate surface area is 115 Å². The van der Waals surface area contributed by atoms with E-state index < -0.39 is 0 Å². The standard InChI is InChI=1S/C14H15N3OS/c1-8(2)12(15)13-16-14(18-17-13)10-7-19-11-6-4-3-5-9(10)11/h3-8,12H,15H2,1-2H3. The predicted molar refractivity (Wildman–Crippen MR) is 76.9 cm³/mol. The Hall–Kier alpha value is -1.72. The summed E-state index contributed by atoms with van der Waals surface area (Å²) in [6.45, 7) is 4.08. The highest BCUT2D eigenvalue weighted by Gasteiger charge is 2.19. The van der Waals surface area contributed by atoms with Gasteiger partial charge in [0.1, 0.15) is 0 Å². The first-order valence-electron chi connectivity index (χ1n) is 6.22. The second kappa shape index (κ2) is 4.75. The largest absolute Gasteiger partial charge is 0.334 e. The molecule has 2 aromatic heterocycles. The minimum absolute atomic E-state index is 0.192. The molecule has 1 unspecified atom stereocenters. The van der Waals surface area contributed by atoms with Gasteiger partial charge in [-0.05, 0) is 12.0 Å². The molecule has 1 atom stereocenters. The van der Waals surface area contributed by atoms with Crippen molar-refractivity contribution in [3.63, 3.8) is 0 Å². The van der Waals surface area contributed by atoms with Gasteiger partial charge in [-0.3, -0.25) is 0 Å². The quantitative estimate of drug-likeness (QED) is 0.791. The molecule has 0 saturated heterocycles. The molecule has 2 heterocycles. The third kappa shape index (κ3) is 2.15. The van der Waals surface area contributed by atoms with E-state index in [4.69, 9.17) is 10.3 Å². The second-order valence-electron chi connectivity index (χ2n) is 4.87. The number of fused-ring (bicyclic) bond motifs is 1. The normalized spacial score (nSPS) is 13.3. The Morgan fingerprint density at radius 1 is 1.26 bits per heavy atom. The van der Waals surface area contributed by atoms with Crippen LogP contribution in [-0.4, -0.2) is 10.1 Å². The zero-order chi connectivity index (χ0) is 13.4. The number of benzene rings is 1. The van der Waals surface area contributed by atoms with Crippen molar-refractivity contribution in [1.29, 1.82) is 0 Å². The molecular formula is C14H15N3OS. The molecule has 0 aliphatic carbocycles. The smallest absolute Gasteiger partial charge is 0.259 e. The van der Waals surface area contributed by atoms with E-state index in [9.17, 15) is 0 Å². The zero-order valence-electron chi connectivity index (χ0n) is 10.8. The summed E-state index contributed by atoms with van der Waals surface area (Å²) in [4.78, 5) is 4.43. The molecule has 98 valence electrons. The van der Waals surface area contributed by atoms with E-state index in [0.717, 1.165) is 10.9 Å². The third-order valence-corrected chi connectivity index (χ3v) is 4.13. The molecule has 0 fully saturated rings. The van der Waals surface area contributed by atoms with Crippen molar-refractivity contribution in [3.05, 3.63) is 35.5 Å². The van der Waals surface area contributed by atoms with Gasteiger partial charge in [0.15, 0.2) is 5.82 Å². The number of nitrogens with two attached hydrogens (primary N) is 1. The van der Waals surface area contributed by atoms with Crippen molar-refractivity contribution in [2.45, 2.75) is 19.9 Å². The summed E-state index contributed by atoms with van der Waals surface area (Å²) in [5, 5.41) is 7.18. The average Bonchev–Trinajstić information content (AvgIpc) is 3.03. The Balaban J connectivity index is 2.03. The maximum absolute atomic E-state index is 6.03. The Kier molecular flexibility index (Phi) is 3.08. The molecule has 0 aliphatic rings. The minimum atomic E-state index is -0.192. The molecule has 0 spiro atoms. The van der Waals surface area contributed by atoms with Gasteiger partial charge >= 0.3 is 0 Å². The molecule has 5 heteroatoms.